The third-order valence-electron chi connectivity index (χ3n) is 2.75. The summed E-state index contributed by atoms with van der Waals surface area (Å²) < 4.78 is 4.47. The quantitative estimate of drug-likeness (QED) is 0.468. The Morgan fingerprint density at radius 2 is 2.06 bits per heavy atom. The summed E-state index contributed by atoms with van der Waals surface area (Å²) in [7, 11) is 0. The Labute approximate surface area is 101 Å². The Kier molecular flexibility index (Phi) is 4.82. The first-order valence-electron chi connectivity index (χ1n) is 5.78. The smallest absolute Gasteiger partial charge is 0.504 e. The summed E-state index contributed by atoms with van der Waals surface area (Å²) in [6.07, 6.45) is 2.83. The molecule has 0 saturated heterocycles. The number of carbonyl (C=O) groups is 1. The van der Waals surface area contributed by atoms with Crippen LogP contribution < -0.4 is 4.74 Å². The third-order valence-corrected chi connectivity index (χ3v) is 2.75. The number of unbranched alkanes of at least 4 members (excludes halogenated alkanes) is 2. The van der Waals surface area contributed by atoms with E-state index in [2.05, 4.69) is 11.7 Å². The normalized spacial score (nSPS) is 10.2. The van der Waals surface area contributed by atoms with Gasteiger partial charge in [0.15, 0.2) is 11.5 Å². The SMILES string of the molecule is CCCCCc1ccc(OC(=O)O)c(O)c1C. The molecule has 1 aromatic rings. The van der Waals surface area contributed by atoms with Crippen molar-refractivity contribution in [3.63, 3.8) is 0 Å². The molecule has 4 heteroatoms. The first-order chi connectivity index (χ1) is 8.06. The van der Waals surface area contributed by atoms with Crippen molar-refractivity contribution < 1.29 is 19.7 Å². The molecule has 0 aliphatic carbocycles. The van der Waals surface area contributed by atoms with E-state index < -0.39 is 6.16 Å². The molecule has 2 N–H and O–H groups in total. The predicted molar refractivity (Wildman–Crippen MR) is 64.7 cm³/mol. The van der Waals surface area contributed by atoms with Crippen LogP contribution in [0.3, 0.4) is 0 Å². The Balaban J connectivity index is 2.82. The molecule has 0 radical (unpaired) electrons. The molecule has 17 heavy (non-hydrogen) atoms. The van der Waals surface area contributed by atoms with Crippen molar-refractivity contribution in [2.45, 2.75) is 39.5 Å². The number of carboxylic acid groups (broad SMARTS) is 1. The summed E-state index contributed by atoms with van der Waals surface area (Å²) in [6.45, 7) is 3.90. The highest BCUT2D eigenvalue weighted by atomic mass is 16.7. The van der Waals surface area contributed by atoms with Gasteiger partial charge in [-0.25, -0.2) is 4.79 Å². The lowest BCUT2D eigenvalue weighted by Gasteiger charge is -2.10. The van der Waals surface area contributed by atoms with Gasteiger partial charge >= 0.3 is 6.16 Å². The highest BCUT2D eigenvalue weighted by Gasteiger charge is 2.12. The average Bonchev–Trinajstić information content (AvgIpc) is 2.28. The number of hydrogen-bond acceptors (Lipinski definition) is 3. The maximum Gasteiger partial charge on any atom is 0.511 e. The van der Waals surface area contributed by atoms with E-state index in [0.717, 1.165) is 31.2 Å². The molecule has 0 aliphatic heterocycles. The summed E-state index contributed by atoms with van der Waals surface area (Å²) in [5.41, 5.74) is 1.73. The van der Waals surface area contributed by atoms with Crippen LogP contribution in [0.5, 0.6) is 11.5 Å². The zero-order valence-electron chi connectivity index (χ0n) is 10.2. The second-order valence-electron chi connectivity index (χ2n) is 4.02. The molecule has 0 fully saturated rings. The molecule has 0 amide bonds. The minimum Gasteiger partial charge on any atom is -0.504 e. The molecular weight excluding hydrogens is 220 g/mol. The monoisotopic (exact) mass is 238 g/mol. The Morgan fingerprint density at radius 1 is 1.35 bits per heavy atom. The van der Waals surface area contributed by atoms with Crippen molar-refractivity contribution in [3.8, 4) is 11.5 Å². The molecule has 0 heterocycles. The second-order valence-corrected chi connectivity index (χ2v) is 4.02. The predicted octanol–water partition coefficient (Wildman–Crippen LogP) is 3.49. The number of aryl methyl sites for hydroxylation is 1. The number of ether oxygens (including phenoxy) is 1. The van der Waals surface area contributed by atoms with Gasteiger partial charge in [0.1, 0.15) is 0 Å². The molecule has 0 aromatic heterocycles. The van der Waals surface area contributed by atoms with Gasteiger partial charge in [-0.2, -0.15) is 0 Å². The molecule has 0 saturated carbocycles. The fourth-order valence-electron chi connectivity index (χ4n) is 1.73. The molecule has 1 aromatic carbocycles. The van der Waals surface area contributed by atoms with Crippen LogP contribution in [0, 0.1) is 6.92 Å². The van der Waals surface area contributed by atoms with Crippen molar-refractivity contribution in [1.82, 2.24) is 0 Å². The van der Waals surface area contributed by atoms with Gasteiger partial charge in [0.05, 0.1) is 0 Å². The van der Waals surface area contributed by atoms with E-state index in [4.69, 9.17) is 5.11 Å². The van der Waals surface area contributed by atoms with E-state index in [1.807, 2.05) is 6.07 Å². The zero-order valence-corrected chi connectivity index (χ0v) is 10.2. The molecule has 0 spiro atoms. The maximum absolute atomic E-state index is 10.4. The summed E-state index contributed by atoms with van der Waals surface area (Å²) in [6, 6.07) is 3.31. The van der Waals surface area contributed by atoms with Crippen LogP contribution in [0.2, 0.25) is 0 Å². The van der Waals surface area contributed by atoms with Crippen molar-refractivity contribution in [2.24, 2.45) is 0 Å². The van der Waals surface area contributed by atoms with Crippen molar-refractivity contribution in [1.29, 1.82) is 0 Å². The summed E-state index contributed by atoms with van der Waals surface area (Å²) >= 11 is 0. The molecule has 0 bridgehead atoms. The molecular formula is C13H18O4. The fraction of sp³-hybridized carbons (Fsp3) is 0.462. The van der Waals surface area contributed by atoms with Gasteiger partial charge in [0, 0.05) is 0 Å². The lowest BCUT2D eigenvalue weighted by Crippen LogP contribution is -2.04. The zero-order chi connectivity index (χ0) is 12.8. The van der Waals surface area contributed by atoms with Crippen LogP contribution in [0.4, 0.5) is 4.79 Å². The maximum atomic E-state index is 10.4. The summed E-state index contributed by atoms with van der Waals surface area (Å²) in [5, 5.41) is 18.3. The lowest BCUT2D eigenvalue weighted by atomic mass is 10.0. The van der Waals surface area contributed by atoms with Crippen molar-refractivity contribution in [2.75, 3.05) is 0 Å². The molecule has 0 unspecified atom stereocenters. The van der Waals surface area contributed by atoms with Crippen LogP contribution in [0.25, 0.3) is 0 Å². The highest BCUT2D eigenvalue weighted by Crippen LogP contribution is 2.32. The van der Waals surface area contributed by atoms with Crippen molar-refractivity contribution in [3.05, 3.63) is 23.3 Å². The van der Waals surface area contributed by atoms with Crippen LogP contribution in [-0.4, -0.2) is 16.4 Å². The largest absolute Gasteiger partial charge is 0.511 e. The first-order valence-corrected chi connectivity index (χ1v) is 5.78. The van der Waals surface area contributed by atoms with Gasteiger partial charge in [0.25, 0.3) is 0 Å². The van der Waals surface area contributed by atoms with Gasteiger partial charge in [0.2, 0.25) is 0 Å². The van der Waals surface area contributed by atoms with E-state index in [-0.39, 0.29) is 11.5 Å². The second kappa shape index (κ2) is 6.13. The van der Waals surface area contributed by atoms with Gasteiger partial charge in [-0.15, -0.1) is 0 Å². The number of benzene rings is 1. The van der Waals surface area contributed by atoms with Crippen LogP contribution in [0.15, 0.2) is 12.1 Å². The van der Waals surface area contributed by atoms with Gasteiger partial charge in [-0.3, -0.25) is 0 Å². The van der Waals surface area contributed by atoms with E-state index in [1.165, 1.54) is 6.07 Å². The Hall–Kier alpha value is -1.71. The number of phenols is 1. The molecule has 94 valence electrons. The summed E-state index contributed by atoms with van der Waals surface area (Å²) in [5.74, 6) is -0.0874. The number of hydrogen-bond donors (Lipinski definition) is 2. The molecule has 4 nitrogen and oxygen atoms in total. The van der Waals surface area contributed by atoms with Gasteiger partial charge < -0.3 is 14.9 Å². The average molecular weight is 238 g/mol. The topological polar surface area (TPSA) is 66.8 Å². The standard InChI is InChI=1S/C13H18O4/c1-3-4-5-6-10-7-8-11(17-13(15)16)12(14)9(10)2/h7-8,14H,3-6H2,1-2H3,(H,15,16). The van der Waals surface area contributed by atoms with E-state index in [0.29, 0.717) is 5.56 Å². The Bertz CT molecular complexity index is 399. The Morgan fingerprint density at radius 3 is 2.65 bits per heavy atom. The van der Waals surface area contributed by atoms with E-state index >= 15 is 0 Å². The highest BCUT2D eigenvalue weighted by molar-refractivity contribution is 5.64. The number of phenolic OH excluding ortho intramolecular Hbond substituents is 1. The van der Waals surface area contributed by atoms with Gasteiger partial charge in [-0.1, -0.05) is 25.8 Å². The number of rotatable bonds is 5. The van der Waals surface area contributed by atoms with Crippen LogP contribution >= 0.6 is 0 Å². The van der Waals surface area contributed by atoms with Gasteiger partial charge in [-0.05, 0) is 37.0 Å². The van der Waals surface area contributed by atoms with Crippen LogP contribution in [0.1, 0.15) is 37.3 Å². The van der Waals surface area contributed by atoms with E-state index in [9.17, 15) is 9.90 Å². The summed E-state index contributed by atoms with van der Waals surface area (Å²) in [4.78, 5) is 10.4. The molecule has 1 rings (SSSR count). The third kappa shape index (κ3) is 3.66. The van der Waals surface area contributed by atoms with Crippen LogP contribution in [-0.2, 0) is 6.42 Å². The lowest BCUT2D eigenvalue weighted by molar-refractivity contribution is 0.143. The van der Waals surface area contributed by atoms with Crippen molar-refractivity contribution >= 4 is 6.16 Å². The number of aromatic hydroxyl groups is 1. The molecule has 0 aliphatic rings. The van der Waals surface area contributed by atoms with E-state index in [1.54, 1.807) is 6.92 Å². The first kappa shape index (κ1) is 13.4. The minimum absolute atomic E-state index is 0.00533. The fourth-order valence-corrected chi connectivity index (χ4v) is 1.73. The molecule has 0 atom stereocenters. The minimum atomic E-state index is -1.42.